The van der Waals surface area contributed by atoms with Crippen molar-refractivity contribution in [2.75, 3.05) is 31.2 Å². The fourth-order valence-electron chi connectivity index (χ4n) is 2.23. The number of anilines is 1. The minimum atomic E-state index is -1.24. The van der Waals surface area contributed by atoms with E-state index in [1.165, 1.54) is 0 Å². The summed E-state index contributed by atoms with van der Waals surface area (Å²) in [7, 11) is 0. The summed E-state index contributed by atoms with van der Waals surface area (Å²) >= 11 is 0.852. The molecular formula is C16H18N5NaO5S. The average molecular weight is 415 g/mol. The summed E-state index contributed by atoms with van der Waals surface area (Å²) in [5.41, 5.74) is 2.44. The van der Waals surface area contributed by atoms with Gasteiger partial charge in [0.1, 0.15) is 6.20 Å². The van der Waals surface area contributed by atoms with E-state index in [9.17, 15) is 20.0 Å². The fourth-order valence-corrected chi connectivity index (χ4v) is 2.79. The van der Waals surface area contributed by atoms with Crippen molar-refractivity contribution in [2.24, 2.45) is 10.2 Å². The number of thiazole rings is 1. The van der Waals surface area contributed by atoms with Gasteiger partial charge in [0.15, 0.2) is 0 Å². The number of aryl methyl sites for hydroxylation is 1. The molecule has 0 aliphatic rings. The third-order valence-corrected chi connectivity index (χ3v) is 4.39. The van der Waals surface area contributed by atoms with Crippen molar-refractivity contribution in [2.45, 2.75) is 13.8 Å². The minimum absolute atomic E-state index is 0. The molecule has 144 valence electrons. The Bertz CT molecular complexity index is 845. The number of hydrogen-bond donors (Lipinski definition) is 0. The Labute approximate surface area is 187 Å². The Morgan fingerprint density at radius 3 is 2.71 bits per heavy atom. The van der Waals surface area contributed by atoms with E-state index in [-0.39, 0.29) is 46.3 Å². The number of nitrogens with zero attached hydrogens (tertiary/aromatic N) is 5. The molecule has 12 heteroatoms. The molecule has 2 rings (SSSR count). The van der Waals surface area contributed by atoms with Crippen LogP contribution in [0.15, 0.2) is 34.6 Å². The molecule has 0 radical (unpaired) electrons. The van der Waals surface area contributed by atoms with E-state index in [1.807, 2.05) is 30.9 Å². The first-order valence-corrected chi connectivity index (χ1v) is 8.87. The van der Waals surface area contributed by atoms with Gasteiger partial charge in [0, 0.05) is 18.8 Å². The number of aliphatic carboxylic acids is 1. The van der Waals surface area contributed by atoms with E-state index in [1.54, 1.807) is 6.07 Å². The number of ether oxygens (including phenoxy) is 1. The van der Waals surface area contributed by atoms with Gasteiger partial charge in [-0.2, -0.15) is 0 Å². The molecule has 2 aromatic rings. The van der Waals surface area contributed by atoms with E-state index in [2.05, 4.69) is 15.2 Å². The van der Waals surface area contributed by atoms with E-state index in [0.717, 1.165) is 35.3 Å². The molecule has 0 fully saturated rings. The first-order valence-electron chi connectivity index (χ1n) is 8.06. The number of carboxylic acids is 1. The van der Waals surface area contributed by atoms with Gasteiger partial charge in [-0.1, -0.05) is 0 Å². The van der Waals surface area contributed by atoms with E-state index in [0.29, 0.717) is 12.2 Å². The molecule has 28 heavy (non-hydrogen) atoms. The van der Waals surface area contributed by atoms with Gasteiger partial charge in [-0.25, -0.2) is 4.98 Å². The Morgan fingerprint density at radius 2 is 2.14 bits per heavy atom. The number of azo groups is 1. The number of benzene rings is 1. The van der Waals surface area contributed by atoms with Crippen molar-refractivity contribution in [3.8, 4) is 0 Å². The molecule has 0 spiro atoms. The zero-order valence-electron chi connectivity index (χ0n) is 15.8. The first kappa shape index (κ1) is 24.1. The summed E-state index contributed by atoms with van der Waals surface area (Å²) in [4.78, 5) is 26.4. The maximum Gasteiger partial charge on any atom is 1.00 e. The second-order valence-corrected chi connectivity index (χ2v) is 6.40. The number of aromatic nitrogens is 1. The van der Waals surface area contributed by atoms with Crippen LogP contribution in [0.4, 0.5) is 21.5 Å². The standard InChI is InChI=1S/C16H19N5O5S.Na/c1-3-20(6-7-26-10-15(22)23)12-4-5-13(11(2)8-12)18-19-16-17-9-14(27-16)21(24)25;/h4-5,8-9H,3,6-7,10H2,1-2H3,(H,22,23);/q;+1/p-1. The van der Waals surface area contributed by atoms with E-state index in [4.69, 9.17) is 4.74 Å². The molecule has 1 aromatic heterocycles. The molecule has 0 saturated heterocycles. The Balaban J connectivity index is 0.00000392. The largest absolute Gasteiger partial charge is 1.00 e. The molecule has 0 N–H and O–H groups in total. The number of hydrogen-bond acceptors (Lipinski definition) is 10. The van der Waals surface area contributed by atoms with Crippen molar-refractivity contribution < 1.29 is 49.1 Å². The maximum absolute atomic E-state index is 10.7. The molecule has 0 unspecified atom stereocenters. The van der Waals surface area contributed by atoms with Gasteiger partial charge in [0.25, 0.3) is 0 Å². The molecule has 0 saturated carbocycles. The zero-order valence-corrected chi connectivity index (χ0v) is 18.6. The molecule has 0 bridgehead atoms. The average Bonchev–Trinajstić information content (AvgIpc) is 3.10. The fraction of sp³-hybridized carbons (Fsp3) is 0.375. The van der Waals surface area contributed by atoms with Crippen molar-refractivity contribution in [3.63, 3.8) is 0 Å². The van der Waals surface area contributed by atoms with Crippen molar-refractivity contribution in [1.29, 1.82) is 0 Å². The molecular weight excluding hydrogens is 397 g/mol. The van der Waals surface area contributed by atoms with Crippen LogP contribution in [0.2, 0.25) is 0 Å². The summed E-state index contributed by atoms with van der Waals surface area (Å²) in [5, 5.41) is 29.2. The minimum Gasteiger partial charge on any atom is -0.548 e. The summed E-state index contributed by atoms with van der Waals surface area (Å²) in [6.45, 7) is 4.96. The Morgan fingerprint density at radius 1 is 1.39 bits per heavy atom. The van der Waals surface area contributed by atoms with Crippen LogP contribution in [-0.4, -0.2) is 42.2 Å². The number of carbonyl (C=O) groups excluding carboxylic acids is 1. The van der Waals surface area contributed by atoms with Gasteiger partial charge in [-0.15, -0.1) is 10.2 Å². The normalized spacial score (nSPS) is 10.6. The van der Waals surface area contributed by atoms with Crippen LogP contribution in [0.25, 0.3) is 0 Å². The number of likely N-dealkylation sites (N-methyl/N-ethyl adjacent to an activating group) is 1. The number of nitro groups is 1. The second kappa shape index (κ2) is 11.8. The molecule has 10 nitrogen and oxygen atoms in total. The molecule has 0 amide bonds. The molecule has 0 aliphatic carbocycles. The van der Waals surface area contributed by atoms with Crippen LogP contribution >= 0.6 is 11.3 Å². The van der Waals surface area contributed by atoms with Gasteiger partial charge in [0.2, 0.25) is 5.13 Å². The van der Waals surface area contributed by atoms with Gasteiger partial charge in [0.05, 0.1) is 29.8 Å². The van der Waals surface area contributed by atoms with Crippen LogP contribution in [0.1, 0.15) is 12.5 Å². The van der Waals surface area contributed by atoms with E-state index >= 15 is 0 Å². The van der Waals surface area contributed by atoms with Gasteiger partial charge >= 0.3 is 34.6 Å². The smallest absolute Gasteiger partial charge is 0.548 e. The third-order valence-electron chi connectivity index (χ3n) is 3.56. The molecule has 1 aromatic carbocycles. The first-order chi connectivity index (χ1) is 12.9. The topological polar surface area (TPSA) is 133 Å². The SMILES string of the molecule is CCN(CCOCC(=O)[O-])c1ccc(N=Nc2ncc([N+](=O)[O-])s2)c(C)c1.[Na+]. The van der Waals surface area contributed by atoms with Gasteiger partial charge < -0.3 is 19.5 Å². The predicted molar refractivity (Wildman–Crippen MR) is 97.8 cm³/mol. The number of carbonyl (C=O) groups is 1. The van der Waals surface area contributed by atoms with Crippen molar-refractivity contribution in [1.82, 2.24) is 4.98 Å². The molecule has 0 aliphatic heterocycles. The van der Waals surface area contributed by atoms with Crippen LogP contribution in [-0.2, 0) is 9.53 Å². The summed E-state index contributed by atoms with van der Waals surface area (Å²) in [6, 6.07) is 5.59. The molecule has 1 heterocycles. The summed E-state index contributed by atoms with van der Waals surface area (Å²) in [6.07, 6.45) is 1.15. The number of carboxylic acid groups (broad SMARTS) is 1. The van der Waals surface area contributed by atoms with Crippen LogP contribution < -0.4 is 39.6 Å². The van der Waals surface area contributed by atoms with Crippen LogP contribution in [0.3, 0.4) is 0 Å². The summed E-state index contributed by atoms with van der Waals surface area (Å²) in [5.74, 6) is -1.24. The third kappa shape index (κ3) is 7.24. The maximum atomic E-state index is 10.7. The van der Waals surface area contributed by atoms with Crippen molar-refractivity contribution >= 4 is 38.8 Å². The van der Waals surface area contributed by atoms with Crippen molar-refractivity contribution in [3.05, 3.63) is 40.1 Å². The Kier molecular flexibility index (Phi) is 10.2. The van der Waals surface area contributed by atoms with Crippen LogP contribution in [0.5, 0.6) is 0 Å². The number of rotatable bonds is 10. The van der Waals surface area contributed by atoms with Gasteiger partial charge in [-0.05, 0) is 48.9 Å². The second-order valence-electron chi connectivity index (χ2n) is 5.41. The monoisotopic (exact) mass is 415 g/mol. The van der Waals surface area contributed by atoms with Gasteiger partial charge in [-0.3, -0.25) is 10.1 Å². The van der Waals surface area contributed by atoms with Crippen LogP contribution in [0, 0.1) is 17.0 Å². The Hall–Kier alpha value is -1.92. The molecule has 0 atom stereocenters. The quantitative estimate of drug-likeness (QED) is 0.166. The van der Waals surface area contributed by atoms with E-state index < -0.39 is 17.5 Å². The zero-order chi connectivity index (χ0) is 19.8. The summed E-state index contributed by atoms with van der Waals surface area (Å²) < 4.78 is 5.02. The predicted octanol–water partition coefficient (Wildman–Crippen LogP) is -0.628.